The molecule has 0 bridgehead atoms. The molecule has 0 saturated heterocycles. The predicted molar refractivity (Wildman–Crippen MR) is 121 cm³/mol. The molecule has 160 valence electrons. The van der Waals surface area contributed by atoms with Crippen molar-refractivity contribution in [3.8, 4) is 0 Å². The molecule has 0 spiro atoms. The van der Waals surface area contributed by atoms with Gasteiger partial charge < -0.3 is 5.32 Å². The molecule has 1 amide bonds. The monoisotopic (exact) mass is 457 g/mol. The zero-order chi connectivity index (χ0) is 22.4. The first kappa shape index (κ1) is 22.3. The van der Waals surface area contributed by atoms with Crippen LogP contribution in [0.5, 0.6) is 0 Å². The maximum absolute atomic E-state index is 13.3. The Balaban J connectivity index is 1.99. The number of benzene rings is 3. The molecule has 0 fully saturated rings. The van der Waals surface area contributed by atoms with E-state index >= 15 is 0 Å². The second kappa shape index (κ2) is 9.63. The van der Waals surface area contributed by atoms with Gasteiger partial charge in [0.05, 0.1) is 21.2 Å². The van der Waals surface area contributed by atoms with Crippen LogP contribution in [0.1, 0.15) is 0 Å². The molecule has 3 aromatic rings. The summed E-state index contributed by atoms with van der Waals surface area (Å²) < 4.78 is 27.5. The highest BCUT2D eigenvalue weighted by Gasteiger charge is 2.28. The zero-order valence-electron chi connectivity index (χ0n) is 16.5. The van der Waals surface area contributed by atoms with Crippen molar-refractivity contribution in [2.24, 2.45) is 0 Å². The highest BCUT2D eigenvalue weighted by atomic mass is 32.2. The number of nitrogens with one attached hydrogen (secondary N) is 1. The molecular weight excluding hydrogens is 438 g/mol. The number of sulfonamides is 1. The second-order valence-corrected chi connectivity index (χ2v) is 9.06. The van der Waals surface area contributed by atoms with Crippen LogP contribution in [0.4, 0.5) is 17.1 Å². The summed E-state index contributed by atoms with van der Waals surface area (Å²) in [6.45, 7) is -0.554. The Bertz CT molecular complexity index is 1200. The predicted octanol–water partition coefficient (Wildman–Crippen LogP) is 4.15. The van der Waals surface area contributed by atoms with Crippen LogP contribution in [0.3, 0.4) is 0 Å². The quantitative estimate of drug-likeness (QED) is 0.309. The largest absolute Gasteiger partial charge is 0.323 e. The molecule has 0 aliphatic carbocycles. The lowest BCUT2D eigenvalue weighted by Crippen LogP contribution is -2.38. The number of nitro groups is 1. The molecule has 0 unspecified atom stereocenters. The number of nitro benzene ring substituents is 1. The molecular formula is C21H19N3O5S2. The lowest BCUT2D eigenvalue weighted by molar-refractivity contribution is -0.384. The Morgan fingerprint density at radius 2 is 1.71 bits per heavy atom. The Labute approximate surface area is 184 Å². The summed E-state index contributed by atoms with van der Waals surface area (Å²) in [7, 11) is -4.15. The molecule has 31 heavy (non-hydrogen) atoms. The summed E-state index contributed by atoms with van der Waals surface area (Å²) >= 11 is 1.44. The van der Waals surface area contributed by atoms with Crippen molar-refractivity contribution in [1.82, 2.24) is 0 Å². The Morgan fingerprint density at radius 3 is 2.39 bits per heavy atom. The third-order valence-electron chi connectivity index (χ3n) is 4.33. The van der Waals surface area contributed by atoms with Gasteiger partial charge in [0, 0.05) is 17.0 Å². The molecule has 0 heterocycles. The van der Waals surface area contributed by atoms with Gasteiger partial charge >= 0.3 is 0 Å². The van der Waals surface area contributed by atoms with E-state index in [2.05, 4.69) is 5.32 Å². The second-order valence-electron chi connectivity index (χ2n) is 6.35. The van der Waals surface area contributed by atoms with Crippen molar-refractivity contribution in [3.63, 3.8) is 0 Å². The van der Waals surface area contributed by atoms with Crippen LogP contribution in [0.15, 0.2) is 88.7 Å². The smallest absolute Gasteiger partial charge is 0.271 e. The first-order chi connectivity index (χ1) is 14.8. The van der Waals surface area contributed by atoms with E-state index in [-0.39, 0.29) is 16.3 Å². The van der Waals surface area contributed by atoms with Crippen molar-refractivity contribution < 1.29 is 18.1 Å². The van der Waals surface area contributed by atoms with Crippen LogP contribution in [0, 0.1) is 10.1 Å². The number of carbonyl (C=O) groups is 1. The summed E-state index contributed by atoms with van der Waals surface area (Å²) in [5, 5.41) is 13.9. The fourth-order valence-electron chi connectivity index (χ4n) is 2.86. The molecule has 0 radical (unpaired) electrons. The maximum atomic E-state index is 13.3. The SMILES string of the molecule is CSc1ccccc1NC(=O)CN(c1cccc([N+](=O)[O-])c1)S(=O)(=O)c1ccccc1. The van der Waals surface area contributed by atoms with E-state index in [9.17, 15) is 23.3 Å². The van der Waals surface area contributed by atoms with Gasteiger partial charge in [-0.15, -0.1) is 11.8 Å². The van der Waals surface area contributed by atoms with Crippen molar-refractivity contribution in [3.05, 3.63) is 89.0 Å². The van der Waals surface area contributed by atoms with Crippen LogP contribution in [-0.2, 0) is 14.8 Å². The molecule has 0 aromatic heterocycles. The van der Waals surface area contributed by atoms with Gasteiger partial charge in [0.1, 0.15) is 6.54 Å². The van der Waals surface area contributed by atoms with E-state index in [1.165, 1.54) is 42.1 Å². The van der Waals surface area contributed by atoms with E-state index < -0.39 is 27.4 Å². The number of anilines is 2. The summed E-state index contributed by atoms with van der Waals surface area (Å²) in [4.78, 5) is 24.2. The van der Waals surface area contributed by atoms with E-state index in [1.54, 1.807) is 30.3 Å². The van der Waals surface area contributed by atoms with Gasteiger partial charge in [-0.1, -0.05) is 36.4 Å². The normalized spacial score (nSPS) is 11.0. The first-order valence-electron chi connectivity index (χ1n) is 9.08. The van der Waals surface area contributed by atoms with E-state index in [1.807, 2.05) is 18.4 Å². The standard InChI is InChI=1S/C21H19N3O5S2/c1-30-20-13-6-5-12-19(20)22-21(25)15-23(16-8-7-9-17(14-16)24(26)27)31(28,29)18-10-3-2-4-11-18/h2-14H,15H2,1H3,(H,22,25). The fourth-order valence-corrected chi connectivity index (χ4v) is 4.85. The van der Waals surface area contributed by atoms with Crippen LogP contribution in [0.25, 0.3) is 0 Å². The van der Waals surface area contributed by atoms with Crippen LogP contribution >= 0.6 is 11.8 Å². The zero-order valence-corrected chi connectivity index (χ0v) is 18.1. The van der Waals surface area contributed by atoms with Gasteiger partial charge in [-0.3, -0.25) is 19.2 Å². The average molecular weight is 458 g/mol. The molecule has 0 atom stereocenters. The fraction of sp³-hybridized carbons (Fsp3) is 0.0952. The van der Waals surface area contributed by atoms with Crippen molar-refractivity contribution in [2.75, 3.05) is 22.4 Å². The molecule has 0 aliphatic heterocycles. The number of rotatable bonds is 8. The van der Waals surface area contributed by atoms with Gasteiger partial charge in [0.25, 0.3) is 15.7 Å². The molecule has 3 rings (SSSR count). The van der Waals surface area contributed by atoms with Gasteiger partial charge in [-0.2, -0.15) is 0 Å². The minimum absolute atomic E-state index is 0.0198. The van der Waals surface area contributed by atoms with Crippen molar-refractivity contribution in [1.29, 1.82) is 0 Å². The number of nitrogens with zero attached hydrogens (tertiary/aromatic N) is 2. The maximum Gasteiger partial charge on any atom is 0.271 e. The third-order valence-corrected chi connectivity index (χ3v) is 6.91. The number of thioether (sulfide) groups is 1. The van der Waals surface area contributed by atoms with Gasteiger partial charge in [-0.05, 0) is 36.6 Å². The molecule has 1 N–H and O–H groups in total. The molecule has 0 aliphatic rings. The molecule has 8 nitrogen and oxygen atoms in total. The minimum Gasteiger partial charge on any atom is -0.323 e. The van der Waals surface area contributed by atoms with Gasteiger partial charge in [0.15, 0.2) is 0 Å². The highest BCUT2D eigenvalue weighted by Crippen LogP contribution is 2.28. The number of para-hydroxylation sites is 1. The number of non-ortho nitro benzene ring substituents is 1. The van der Waals surface area contributed by atoms with Gasteiger partial charge in [0.2, 0.25) is 5.91 Å². The summed E-state index contributed by atoms with van der Waals surface area (Å²) in [6.07, 6.45) is 1.86. The molecule has 10 heteroatoms. The van der Waals surface area contributed by atoms with Gasteiger partial charge in [-0.25, -0.2) is 8.42 Å². The Morgan fingerprint density at radius 1 is 1.03 bits per heavy atom. The number of hydrogen-bond acceptors (Lipinski definition) is 6. The third kappa shape index (κ3) is 5.22. The van der Waals surface area contributed by atoms with Crippen LogP contribution in [0.2, 0.25) is 0 Å². The summed E-state index contributed by atoms with van der Waals surface area (Å²) in [5.41, 5.74) is 0.293. The lowest BCUT2D eigenvalue weighted by atomic mass is 10.3. The van der Waals surface area contributed by atoms with E-state index in [4.69, 9.17) is 0 Å². The van der Waals surface area contributed by atoms with Crippen molar-refractivity contribution >= 4 is 44.8 Å². The summed E-state index contributed by atoms with van der Waals surface area (Å²) in [6, 6.07) is 19.9. The van der Waals surface area contributed by atoms with Crippen LogP contribution < -0.4 is 9.62 Å². The van der Waals surface area contributed by atoms with Crippen LogP contribution in [-0.4, -0.2) is 32.0 Å². The lowest BCUT2D eigenvalue weighted by Gasteiger charge is -2.24. The number of amides is 1. The minimum atomic E-state index is -4.15. The first-order valence-corrected chi connectivity index (χ1v) is 11.7. The Hall–Kier alpha value is -3.37. The van der Waals surface area contributed by atoms with Crippen molar-refractivity contribution in [2.45, 2.75) is 9.79 Å². The summed E-state index contributed by atoms with van der Waals surface area (Å²) in [5.74, 6) is -0.576. The number of carbonyl (C=O) groups excluding carboxylic acids is 1. The highest BCUT2D eigenvalue weighted by molar-refractivity contribution is 7.98. The van der Waals surface area contributed by atoms with E-state index in [0.717, 1.165) is 15.3 Å². The molecule has 0 saturated carbocycles. The Kier molecular flexibility index (Phi) is 6.93. The van der Waals surface area contributed by atoms with E-state index in [0.29, 0.717) is 5.69 Å². The number of hydrogen-bond donors (Lipinski definition) is 1. The topological polar surface area (TPSA) is 110 Å². The average Bonchev–Trinajstić information content (AvgIpc) is 2.78. The molecule has 3 aromatic carbocycles.